The minimum absolute atomic E-state index is 0.0479. The summed E-state index contributed by atoms with van der Waals surface area (Å²) < 4.78 is 27.3. The molecule has 4 nitrogen and oxygen atoms in total. The lowest BCUT2D eigenvalue weighted by molar-refractivity contribution is 0.202. The van der Waals surface area contributed by atoms with Crippen molar-refractivity contribution in [2.75, 3.05) is 6.54 Å². The fourth-order valence-electron chi connectivity index (χ4n) is 2.62. The standard InChI is InChI=1S/C14H19ClN2O2S2/c1-9-4-3-7-17(10(9)2)21(18,19)13-8-11(14(16)20)5-6-12(13)15/h5-6,8-10H,3-4,7H2,1-2H3,(H2,16,20). The molecule has 1 heterocycles. The average Bonchev–Trinajstić information content (AvgIpc) is 2.41. The summed E-state index contributed by atoms with van der Waals surface area (Å²) in [7, 11) is -3.64. The average molecular weight is 347 g/mol. The molecule has 1 aliphatic heterocycles. The van der Waals surface area contributed by atoms with Gasteiger partial charge in [-0.15, -0.1) is 0 Å². The van der Waals surface area contributed by atoms with E-state index in [1.54, 1.807) is 6.07 Å². The van der Waals surface area contributed by atoms with Gasteiger partial charge in [-0.2, -0.15) is 4.31 Å². The molecule has 0 radical (unpaired) electrons. The number of hydrogen-bond donors (Lipinski definition) is 1. The van der Waals surface area contributed by atoms with Crippen LogP contribution in [0.15, 0.2) is 23.1 Å². The zero-order valence-corrected chi connectivity index (χ0v) is 14.4. The Kier molecular flexibility index (Phi) is 4.92. The predicted molar refractivity (Wildman–Crippen MR) is 89.1 cm³/mol. The molecular weight excluding hydrogens is 328 g/mol. The van der Waals surface area contributed by atoms with E-state index in [-0.39, 0.29) is 20.9 Å². The van der Waals surface area contributed by atoms with E-state index in [0.29, 0.717) is 18.0 Å². The Hall–Kier alpha value is -0.690. The first-order valence-electron chi connectivity index (χ1n) is 6.86. The SMILES string of the molecule is CC1CCCN(S(=O)(=O)c2cc(C(N)=S)ccc2Cl)C1C. The molecular formula is C14H19ClN2O2S2. The number of nitrogens with two attached hydrogens (primary N) is 1. The zero-order chi connectivity index (χ0) is 15.8. The van der Waals surface area contributed by atoms with Crippen molar-refractivity contribution in [2.24, 2.45) is 11.7 Å². The van der Waals surface area contributed by atoms with Crippen LogP contribution in [0.3, 0.4) is 0 Å². The number of thiocarbonyl (C=S) groups is 1. The molecule has 1 fully saturated rings. The monoisotopic (exact) mass is 346 g/mol. The molecule has 0 bridgehead atoms. The van der Waals surface area contributed by atoms with Crippen LogP contribution in [0, 0.1) is 5.92 Å². The van der Waals surface area contributed by atoms with Crippen LogP contribution >= 0.6 is 23.8 Å². The second kappa shape index (κ2) is 6.20. The van der Waals surface area contributed by atoms with Crippen LogP contribution in [0.1, 0.15) is 32.3 Å². The summed E-state index contributed by atoms with van der Waals surface area (Å²) in [5, 5.41) is 0.195. The first kappa shape index (κ1) is 16.7. The third-order valence-electron chi connectivity index (χ3n) is 4.12. The second-order valence-electron chi connectivity index (χ2n) is 5.49. The van der Waals surface area contributed by atoms with E-state index in [9.17, 15) is 8.42 Å². The summed E-state index contributed by atoms with van der Waals surface area (Å²) in [6, 6.07) is 4.58. The number of sulfonamides is 1. The van der Waals surface area contributed by atoms with Gasteiger partial charge < -0.3 is 5.73 Å². The van der Waals surface area contributed by atoms with Gasteiger partial charge in [0.05, 0.1) is 5.02 Å². The van der Waals surface area contributed by atoms with Crippen LogP contribution in [-0.4, -0.2) is 30.3 Å². The second-order valence-corrected chi connectivity index (χ2v) is 8.19. The molecule has 0 aliphatic carbocycles. The van der Waals surface area contributed by atoms with Crippen molar-refractivity contribution in [2.45, 2.75) is 37.6 Å². The summed E-state index contributed by atoms with van der Waals surface area (Å²) in [5.74, 6) is 0.325. The van der Waals surface area contributed by atoms with Gasteiger partial charge in [0, 0.05) is 18.2 Å². The van der Waals surface area contributed by atoms with Gasteiger partial charge in [0.25, 0.3) is 0 Å². The largest absolute Gasteiger partial charge is 0.389 e. The predicted octanol–water partition coefficient (Wildman–Crippen LogP) is 2.78. The molecule has 2 unspecified atom stereocenters. The third-order valence-corrected chi connectivity index (χ3v) is 6.82. The molecule has 1 aliphatic rings. The number of halogens is 1. The van der Waals surface area contributed by atoms with Crippen molar-refractivity contribution in [3.05, 3.63) is 28.8 Å². The molecule has 0 amide bonds. The quantitative estimate of drug-likeness (QED) is 0.855. The van der Waals surface area contributed by atoms with Crippen molar-refractivity contribution in [1.82, 2.24) is 4.31 Å². The van der Waals surface area contributed by atoms with Gasteiger partial charge in [0.15, 0.2) is 0 Å². The van der Waals surface area contributed by atoms with Crippen LogP contribution in [0.5, 0.6) is 0 Å². The van der Waals surface area contributed by atoms with Gasteiger partial charge in [-0.3, -0.25) is 0 Å². The Morgan fingerprint density at radius 1 is 1.43 bits per heavy atom. The first-order chi connectivity index (χ1) is 9.75. The molecule has 1 aromatic rings. The smallest absolute Gasteiger partial charge is 0.244 e. The van der Waals surface area contributed by atoms with Gasteiger partial charge in [-0.05, 0) is 37.8 Å². The van der Waals surface area contributed by atoms with Crippen LogP contribution in [0.4, 0.5) is 0 Å². The number of hydrogen-bond acceptors (Lipinski definition) is 3. The van der Waals surface area contributed by atoms with E-state index >= 15 is 0 Å². The topological polar surface area (TPSA) is 63.4 Å². The molecule has 7 heteroatoms. The molecule has 0 spiro atoms. The first-order valence-corrected chi connectivity index (χ1v) is 9.09. The maximum Gasteiger partial charge on any atom is 0.244 e. The highest BCUT2D eigenvalue weighted by Crippen LogP contribution is 2.32. The maximum atomic E-state index is 12.9. The minimum atomic E-state index is -3.64. The van der Waals surface area contributed by atoms with E-state index in [0.717, 1.165) is 12.8 Å². The normalized spacial score (nSPS) is 24.0. The molecule has 2 N–H and O–H groups in total. The summed E-state index contributed by atoms with van der Waals surface area (Å²) in [6.07, 6.45) is 1.89. The Balaban J connectivity index is 2.48. The van der Waals surface area contributed by atoms with Gasteiger partial charge in [0.1, 0.15) is 9.88 Å². The number of rotatable bonds is 3. The van der Waals surface area contributed by atoms with Crippen LogP contribution in [0.2, 0.25) is 5.02 Å². The lowest BCUT2D eigenvalue weighted by Gasteiger charge is -2.37. The van der Waals surface area contributed by atoms with Gasteiger partial charge in [0.2, 0.25) is 10.0 Å². The molecule has 116 valence electrons. The van der Waals surface area contributed by atoms with Gasteiger partial charge in [-0.25, -0.2) is 8.42 Å². The van der Waals surface area contributed by atoms with Crippen LogP contribution in [-0.2, 0) is 10.0 Å². The number of nitrogens with zero attached hydrogens (tertiary/aromatic N) is 1. The molecule has 1 aromatic carbocycles. The highest BCUT2D eigenvalue weighted by atomic mass is 35.5. The van der Waals surface area contributed by atoms with Gasteiger partial charge in [-0.1, -0.05) is 36.8 Å². The Bertz CT molecular complexity index is 661. The highest BCUT2D eigenvalue weighted by molar-refractivity contribution is 7.89. The lowest BCUT2D eigenvalue weighted by Crippen LogP contribution is -2.46. The van der Waals surface area contributed by atoms with Crippen molar-refractivity contribution in [3.8, 4) is 0 Å². The highest BCUT2D eigenvalue weighted by Gasteiger charge is 2.35. The molecule has 21 heavy (non-hydrogen) atoms. The third kappa shape index (κ3) is 3.23. The van der Waals surface area contributed by atoms with E-state index in [2.05, 4.69) is 6.92 Å². The lowest BCUT2D eigenvalue weighted by atomic mass is 9.94. The minimum Gasteiger partial charge on any atom is -0.389 e. The van der Waals surface area contributed by atoms with E-state index < -0.39 is 10.0 Å². The molecule has 1 saturated heterocycles. The van der Waals surface area contributed by atoms with Crippen molar-refractivity contribution in [1.29, 1.82) is 0 Å². The fraction of sp³-hybridized carbons (Fsp3) is 0.500. The zero-order valence-electron chi connectivity index (χ0n) is 12.0. The molecule has 0 saturated carbocycles. The van der Waals surface area contributed by atoms with Crippen molar-refractivity contribution in [3.63, 3.8) is 0 Å². The number of benzene rings is 1. The summed E-state index contributed by atoms with van der Waals surface area (Å²) in [5.41, 5.74) is 6.09. The van der Waals surface area contributed by atoms with Crippen LogP contribution < -0.4 is 5.73 Å². The Morgan fingerprint density at radius 2 is 2.10 bits per heavy atom. The van der Waals surface area contributed by atoms with E-state index in [1.807, 2.05) is 6.92 Å². The Morgan fingerprint density at radius 3 is 2.71 bits per heavy atom. The summed E-state index contributed by atoms with van der Waals surface area (Å²) >= 11 is 11.0. The van der Waals surface area contributed by atoms with Crippen LogP contribution in [0.25, 0.3) is 0 Å². The van der Waals surface area contributed by atoms with Gasteiger partial charge >= 0.3 is 0 Å². The molecule has 0 aromatic heterocycles. The number of piperidine rings is 1. The van der Waals surface area contributed by atoms with Crippen molar-refractivity contribution < 1.29 is 8.42 Å². The maximum absolute atomic E-state index is 12.9. The summed E-state index contributed by atoms with van der Waals surface area (Å²) in [6.45, 7) is 4.52. The Labute approximate surface area is 136 Å². The van der Waals surface area contributed by atoms with E-state index in [1.165, 1.54) is 16.4 Å². The molecule has 2 atom stereocenters. The van der Waals surface area contributed by atoms with Crippen molar-refractivity contribution >= 4 is 38.8 Å². The van der Waals surface area contributed by atoms with E-state index in [4.69, 9.17) is 29.6 Å². The fourth-order valence-corrected chi connectivity index (χ4v) is 5.01. The summed E-state index contributed by atoms with van der Waals surface area (Å²) in [4.78, 5) is 0.235. The molecule has 2 rings (SSSR count).